The first-order valence-electron chi connectivity index (χ1n) is 5.42. The Balaban J connectivity index is 2.26. The van der Waals surface area contributed by atoms with E-state index < -0.39 is 0 Å². The Bertz CT molecular complexity index is 366. The van der Waals surface area contributed by atoms with Gasteiger partial charge in [0.15, 0.2) is 0 Å². The van der Waals surface area contributed by atoms with E-state index in [1.165, 1.54) is 17.9 Å². The highest BCUT2D eigenvalue weighted by atomic mass is 79.9. The first-order valence-corrected chi connectivity index (χ1v) is 7.37. The van der Waals surface area contributed by atoms with Crippen LogP contribution in [0.3, 0.4) is 0 Å². The third kappa shape index (κ3) is 2.55. The predicted molar refractivity (Wildman–Crippen MR) is 74.2 cm³/mol. The van der Waals surface area contributed by atoms with Crippen LogP contribution in [0.25, 0.3) is 0 Å². The summed E-state index contributed by atoms with van der Waals surface area (Å²) in [4.78, 5) is 2.30. The molecule has 2 rings (SSSR count). The maximum absolute atomic E-state index is 9.35. The van der Waals surface area contributed by atoms with E-state index in [0.717, 1.165) is 15.7 Å². The topological polar surface area (TPSA) is 23.5 Å². The van der Waals surface area contributed by atoms with Gasteiger partial charge in [-0.1, -0.05) is 22.0 Å². The van der Waals surface area contributed by atoms with Crippen LogP contribution in [-0.2, 0) is 6.61 Å². The minimum atomic E-state index is 0.104. The zero-order valence-electron chi connectivity index (χ0n) is 9.32. The summed E-state index contributed by atoms with van der Waals surface area (Å²) in [6, 6.07) is 6.66. The van der Waals surface area contributed by atoms with E-state index in [2.05, 4.69) is 33.9 Å². The quantitative estimate of drug-likeness (QED) is 0.929. The molecule has 1 unspecified atom stereocenters. The molecule has 1 aromatic rings. The van der Waals surface area contributed by atoms with Crippen molar-refractivity contribution in [2.75, 3.05) is 23.5 Å². The van der Waals surface area contributed by atoms with Gasteiger partial charge in [-0.05, 0) is 24.3 Å². The lowest BCUT2D eigenvalue weighted by atomic mass is 10.1. The zero-order valence-corrected chi connectivity index (χ0v) is 11.7. The molecule has 1 atom stereocenters. The molecule has 1 fully saturated rings. The number of aliphatic hydroxyl groups is 1. The van der Waals surface area contributed by atoms with Gasteiger partial charge < -0.3 is 10.0 Å². The monoisotopic (exact) mass is 301 g/mol. The number of rotatable bonds is 3. The molecule has 1 heterocycles. The number of benzene rings is 1. The van der Waals surface area contributed by atoms with E-state index in [9.17, 15) is 5.11 Å². The second-order valence-electron chi connectivity index (χ2n) is 4.06. The number of thioether (sulfide) groups is 1. The van der Waals surface area contributed by atoms with Crippen molar-refractivity contribution in [2.24, 2.45) is 0 Å². The van der Waals surface area contributed by atoms with Gasteiger partial charge in [-0.15, -0.1) is 0 Å². The zero-order chi connectivity index (χ0) is 11.5. The summed E-state index contributed by atoms with van der Waals surface area (Å²) in [7, 11) is 2.12. The van der Waals surface area contributed by atoms with Gasteiger partial charge in [0.05, 0.1) is 6.61 Å². The Morgan fingerprint density at radius 1 is 1.56 bits per heavy atom. The fraction of sp³-hybridized carbons (Fsp3) is 0.500. The maximum atomic E-state index is 9.35. The molecule has 0 saturated carbocycles. The normalized spacial score (nSPS) is 20.1. The third-order valence-electron chi connectivity index (χ3n) is 3.05. The fourth-order valence-corrected chi connectivity index (χ4v) is 3.64. The predicted octanol–water partition coefficient (Wildman–Crippen LogP) is 2.88. The van der Waals surface area contributed by atoms with E-state index in [1.807, 2.05) is 23.9 Å². The van der Waals surface area contributed by atoms with Crippen molar-refractivity contribution in [2.45, 2.75) is 19.1 Å². The van der Waals surface area contributed by atoms with Crippen molar-refractivity contribution < 1.29 is 5.11 Å². The molecule has 1 aliphatic heterocycles. The summed E-state index contributed by atoms with van der Waals surface area (Å²) in [6.45, 7) is 0.104. The molecule has 1 aliphatic rings. The molecule has 1 N–H and O–H groups in total. The molecule has 0 radical (unpaired) electrons. The average molecular weight is 302 g/mol. The van der Waals surface area contributed by atoms with Crippen LogP contribution in [0.4, 0.5) is 5.69 Å². The Kier molecular flexibility index (Phi) is 4.16. The molecule has 0 bridgehead atoms. The van der Waals surface area contributed by atoms with Crippen molar-refractivity contribution in [3.63, 3.8) is 0 Å². The molecule has 1 aromatic carbocycles. The summed E-state index contributed by atoms with van der Waals surface area (Å²) in [6.07, 6.45) is 1.23. The first kappa shape index (κ1) is 12.3. The Hall–Kier alpha value is -0.190. The summed E-state index contributed by atoms with van der Waals surface area (Å²) in [5.74, 6) is 2.44. The van der Waals surface area contributed by atoms with Crippen LogP contribution < -0.4 is 4.90 Å². The van der Waals surface area contributed by atoms with Crippen LogP contribution in [-0.4, -0.2) is 29.7 Å². The molecule has 0 spiro atoms. The highest BCUT2D eigenvalue weighted by Crippen LogP contribution is 2.30. The van der Waals surface area contributed by atoms with E-state index in [1.54, 1.807) is 0 Å². The van der Waals surface area contributed by atoms with Gasteiger partial charge in [0.25, 0.3) is 0 Å². The van der Waals surface area contributed by atoms with E-state index in [0.29, 0.717) is 6.04 Å². The van der Waals surface area contributed by atoms with Crippen molar-refractivity contribution in [1.82, 2.24) is 0 Å². The highest BCUT2D eigenvalue weighted by molar-refractivity contribution is 9.10. The molecule has 0 amide bonds. The van der Waals surface area contributed by atoms with Crippen LogP contribution >= 0.6 is 27.7 Å². The summed E-state index contributed by atoms with van der Waals surface area (Å²) >= 11 is 5.50. The Labute approximate surface area is 109 Å². The number of nitrogens with zero attached hydrogens (tertiary/aromatic N) is 1. The van der Waals surface area contributed by atoms with Gasteiger partial charge in [-0.25, -0.2) is 0 Å². The summed E-state index contributed by atoms with van der Waals surface area (Å²) < 4.78 is 1.07. The molecule has 4 heteroatoms. The van der Waals surface area contributed by atoms with Crippen LogP contribution in [0.2, 0.25) is 0 Å². The Morgan fingerprint density at radius 2 is 2.38 bits per heavy atom. The minimum absolute atomic E-state index is 0.104. The summed E-state index contributed by atoms with van der Waals surface area (Å²) in [5.41, 5.74) is 2.15. The van der Waals surface area contributed by atoms with Crippen molar-refractivity contribution in [1.29, 1.82) is 0 Å². The van der Waals surface area contributed by atoms with Gasteiger partial charge in [0.1, 0.15) is 0 Å². The molecule has 1 saturated heterocycles. The Morgan fingerprint density at radius 3 is 3.00 bits per heavy atom. The van der Waals surface area contributed by atoms with Crippen LogP contribution in [0.15, 0.2) is 22.7 Å². The average Bonchev–Trinajstić information content (AvgIpc) is 2.81. The van der Waals surface area contributed by atoms with E-state index >= 15 is 0 Å². The third-order valence-corrected chi connectivity index (χ3v) is 4.69. The lowest BCUT2D eigenvalue weighted by molar-refractivity contribution is 0.282. The van der Waals surface area contributed by atoms with Gasteiger partial charge >= 0.3 is 0 Å². The van der Waals surface area contributed by atoms with E-state index in [4.69, 9.17) is 0 Å². The smallest absolute Gasteiger partial charge is 0.0702 e. The molecule has 0 aromatic heterocycles. The van der Waals surface area contributed by atoms with Crippen molar-refractivity contribution >= 4 is 33.4 Å². The van der Waals surface area contributed by atoms with Crippen molar-refractivity contribution in [3.05, 3.63) is 28.2 Å². The van der Waals surface area contributed by atoms with E-state index in [-0.39, 0.29) is 6.61 Å². The van der Waals surface area contributed by atoms with Gasteiger partial charge in [-0.3, -0.25) is 0 Å². The molecule has 0 aliphatic carbocycles. The number of hydrogen-bond acceptors (Lipinski definition) is 3. The second kappa shape index (κ2) is 5.43. The SMILES string of the molecule is CN(c1cc(Br)ccc1CO)C1CCSC1. The maximum Gasteiger partial charge on any atom is 0.0702 e. The lowest BCUT2D eigenvalue weighted by Gasteiger charge is -2.28. The van der Waals surface area contributed by atoms with Crippen LogP contribution in [0.5, 0.6) is 0 Å². The van der Waals surface area contributed by atoms with Gasteiger partial charge in [-0.2, -0.15) is 11.8 Å². The molecule has 88 valence electrons. The standard InChI is InChI=1S/C12H16BrNOS/c1-14(11-4-5-16-8-11)12-6-10(13)3-2-9(12)7-15/h2-3,6,11,15H,4-5,7-8H2,1H3. The highest BCUT2D eigenvalue weighted by Gasteiger charge is 2.21. The minimum Gasteiger partial charge on any atom is -0.392 e. The number of anilines is 1. The number of aliphatic hydroxyl groups excluding tert-OH is 1. The fourth-order valence-electron chi connectivity index (χ4n) is 2.02. The number of halogens is 1. The van der Waals surface area contributed by atoms with Gasteiger partial charge in [0, 0.05) is 34.6 Å². The summed E-state index contributed by atoms with van der Waals surface area (Å²) in [5, 5.41) is 9.35. The van der Waals surface area contributed by atoms with Crippen molar-refractivity contribution in [3.8, 4) is 0 Å². The number of hydrogen-bond donors (Lipinski definition) is 1. The first-order chi connectivity index (χ1) is 7.72. The molecule has 2 nitrogen and oxygen atoms in total. The van der Waals surface area contributed by atoms with Gasteiger partial charge in [0.2, 0.25) is 0 Å². The molecular weight excluding hydrogens is 286 g/mol. The lowest BCUT2D eigenvalue weighted by Crippen LogP contribution is -2.32. The second-order valence-corrected chi connectivity index (χ2v) is 6.12. The largest absolute Gasteiger partial charge is 0.392 e. The van der Waals surface area contributed by atoms with Crippen LogP contribution in [0, 0.1) is 0 Å². The van der Waals surface area contributed by atoms with Crippen LogP contribution in [0.1, 0.15) is 12.0 Å². The molecule has 16 heavy (non-hydrogen) atoms. The molecular formula is C12H16BrNOS.